The number of carbonyl (C=O) groups excluding carboxylic acids is 2. The molecule has 0 aliphatic heterocycles. The van der Waals surface area contributed by atoms with Crippen LogP contribution in [0.1, 0.15) is 45.8 Å². The van der Waals surface area contributed by atoms with Crippen molar-refractivity contribution >= 4 is 39.1 Å². The second kappa shape index (κ2) is 9.01. The molecule has 0 saturated heterocycles. The molecule has 1 amide bonds. The van der Waals surface area contributed by atoms with E-state index in [4.69, 9.17) is 4.74 Å². The molecule has 0 saturated carbocycles. The zero-order valence-corrected chi connectivity index (χ0v) is 19.5. The lowest BCUT2D eigenvalue weighted by molar-refractivity contribution is 0.0529. The van der Waals surface area contributed by atoms with Gasteiger partial charge in [0, 0.05) is 28.4 Å². The number of nitrogens with one attached hydrogen (secondary N) is 1. The fraction of sp³-hybridized carbons (Fsp3) is 0.231. The first kappa shape index (κ1) is 21.8. The first-order chi connectivity index (χ1) is 15.5. The van der Waals surface area contributed by atoms with Crippen LogP contribution in [0.4, 0.5) is 5.00 Å². The Balaban J connectivity index is 1.77. The van der Waals surface area contributed by atoms with Gasteiger partial charge >= 0.3 is 5.97 Å². The van der Waals surface area contributed by atoms with E-state index < -0.39 is 5.97 Å². The van der Waals surface area contributed by atoms with E-state index in [1.54, 1.807) is 6.92 Å². The van der Waals surface area contributed by atoms with Gasteiger partial charge in [0.1, 0.15) is 16.3 Å². The highest BCUT2D eigenvalue weighted by Gasteiger charge is 2.25. The van der Waals surface area contributed by atoms with Gasteiger partial charge in [0.2, 0.25) is 0 Å². The molecule has 2 heterocycles. The molecule has 2 aromatic carbocycles. The van der Waals surface area contributed by atoms with Crippen molar-refractivity contribution in [2.45, 2.75) is 34.2 Å². The smallest absolute Gasteiger partial charge is 0.341 e. The maximum atomic E-state index is 13.4. The number of hydrogen-bond acceptors (Lipinski definition) is 4. The zero-order valence-electron chi connectivity index (χ0n) is 18.7. The van der Waals surface area contributed by atoms with Gasteiger partial charge in [-0.2, -0.15) is 0 Å². The van der Waals surface area contributed by atoms with Gasteiger partial charge < -0.3 is 14.6 Å². The van der Waals surface area contributed by atoms with Crippen LogP contribution in [0, 0.1) is 13.8 Å². The van der Waals surface area contributed by atoms with E-state index >= 15 is 0 Å². The molecule has 0 aliphatic carbocycles. The Labute approximate surface area is 191 Å². The third kappa shape index (κ3) is 3.82. The maximum Gasteiger partial charge on any atom is 0.341 e. The number of aromatic nitrogens is 1. The van der Waals surface area contributed by atoms with Crippen LogP contribution < -0.4 is 5.32 Å². The molecular weight excluding hydrogens is 420 g/mol. The lowest BCUT2D eigenvalue weighted by Crippen LogP contribution is -2.19. The molecule has 2 aromatic heterocycles. The second-order valence-corrected chi connectivity index (χ2v) is 8.51. The van der Waals surface area contributed by atoms with Gasteiger partial charge in [-0.25, -0.2) is 4.79 Å². The van der Waals surface area contributed by atoms with Crippen LogP contribution >= 0.6 is 11.3 Å². The van der Waals surface area contributed by atoms with Crippen molar-refractivity contribution in [3.05, 3.63) is 76.3 Å². The average molecular weight is 447 g/mol. The summed E-state index contributed by atoms with van der Waals surface area (Å²) in [5, 5.41) is 6.45. The van der Waals surface area contributed by atoms with Crippen LogP contribution in [-0.2, 0) is 11.3 Å². The number of fused-ring (bicyclic) bond motifs is 1. The van der Waals surface area contributed by atoms with E-state index in [0.29, 0.717) is 22.8 Å². The van der Waals surface area contributed by atoms with E-state index in [2.05, 4.69) is 5.32 Å². The minimum atomic E-state index is -0.438. The number of ether oxygens (including phenoxy) is 1. The van der Waals surface area contributed by atoms with Gasteiger partial charge in [-0.1, -0.05) is 48.0 Å². The lowest BCUT2D eigenvalue weighted by Gasteiger charge is -2.11. The fourth-order valence-corrected chi connectivity index (χ4v) is 5.01. The number of hydrogen-bond donors (Lipinski definition) is 1. The first-order valence-electron chi connectivity index (χ1n) is 10.7. The Bertz CT molecular complexity index is 1300. The first-order valence-corrected chi connectivity index (χ1v) is 11.6. The van der Waals surface area contributed by atoms with Crippen LogP contribution in [0.3, 0.4) is 0 Å². The molecule has 0 aliphatic rings. The molecule has 0 bridgehead atoms. The number of para-hydroxylation sites is 1. The standard InChI is InChI=1S/C26H26N2O3S/c1-5-28-21-10-8-7-9-19(21)17(4)23(28)24(29)27-25-22(26(30)31-6-2)20(15-32-25)18-13-11-16(3)12-14-18/h7-15H,5-6H2,1-4H3,(H,27,29). The quantitative estimate of drug-likeness (QED) is 0.347. The predicted molar refractivity (Wildman–Crippen MR) is 131 cm³/mol. The van der Waals surface area contributed by atoms with Crippen molar-refractivity contribution in [1.82, 2.24) is 4.57 Å². The fourth-order valence-electron chi connectivity index (χ4n) is 4.06. The monoisotopic (exact) mass is 446 g/mol. The zero-order chi connectivity index (χ0) is 22.8. The Hall–Kier alpha value is -3.38. The molecular formula is C26H26N2O3S. The van der Waals surface area contributed by atoms with Crippen LogP contribution in [0.5, 0.6) is 0 Å². The molecule has 164 valence electrons. The van der Waals surface area contributed by atoms with E-state index in [1.165, 1.54) is 11.3 Å². The molecule has 32 heavy (non-hydrogen) atoms. The molecule has 4 rings (SSSR count). The Kier molecular flexibility index (Phi) is 6.15. The van der Waals surface area contributed by atoms with Crippen molar-refractivity contribution in [1.29, 1.82) is 0 Å². The topological polar surface area (TPSA) is 60.3 Å². The Morgan fingerprint density at radius 3 is 2.44 bits per heavy atom. The number of carbonyl (C=O) groups is 2. The number of rotatable bonds is 6. The Morgan fingerprint density at radius 1 is 1.03 bits per heavy atom. The number of esters is 1. The molecule has 0 fully saturated rings. The van der Waals surface area contributed by atoms with Gasteiger partial charge in [0.05, 0.1) is 6.61 Å². The summed E-state index contributed by atoms with van der Waals surface area (Å²) in [4.78, 5) is 26.3. The summed E-state index contributed by atoms with van der Waals surface area (Å²) < 4.78 is 7.34. The number of benzene rings is 2. The summed E-state index contributed by atoms with van der Waals surface area (Å²) in [6.07, 6.45) is 0. The molecule has 4 aromatic rings. The average Bonchev–Trinajstić information content (AvgIpc) is 3.33. The largest absolute Gasteiger partial charge is 0.462 e. The van der Waals surface area contributed by atoms with Gasteiger partial charge in [-0.05, 0) is 44.9 Å². The molecule has 5 nitrogen and oxygen atoms in total. The normalized spacial score (nSPS) is 11.0. The van der Waals surface area contributed by atoms with Gasteiger partial charge in [-0.3, -0.25) is 4.79 Å². The summed E-state index contributed by atoms with van der Waals surface area (Å²) in [5.41, 5.74) is 5.76. The minimum Gasteiger partial charge on any atom is -0.462 e. The molecule has 6 heteroatoms. The van der Waals surface area contributed by atoms with Crippen LogP contribution in [0.25, 0.3) is 22.0 Å². The summed E-state index contributed by atoms with van der Waals surface area (Å²) in [5.74, 6) is -0.671. The number of thiophene rings is 1. The van der Waals surface area contributed by atoms with E-state index in [-0.39, 0.29) is 12.5 Å². The van der Waals surface area contributed by atoms with Crippen LogP contribution in [0.2, 0.25) is 0 Å². The van der Waals surface area contributed by atoms with Gasteiger partial charge in [-0.15, -0.1) is 11.3 Å². The number of aryl methyl sites for hydroxylation is 3. The van der Waals surface area contributed by atoms with Crippen molar-refractivity contribution < 1.29 is 14.3 Å². The highest BCUT2D eigenvalue weighted by atomic mass is 32.1. The molecule has 0 unspecified atom stereocenters. The highest BCUT2D eigenvalue weighted by molar-refractivity contribution is 7.15. The summed E-state index contributed by atoms with van der Waals surface area (Å²) in [6, 6.07) is 16.0. The van der Waals surface area contributed by atoms with Crippen LogP contribution in [0.15, 0.2) is 53.9 Å². The van der Waals surface area contributed by atoms with Crippen molar-refractivity contribution in [2.24, 2.45) is 0 Å². The third-order valence-electron chi connectivity index (χ3n) is 5.62. The second-order valence-electron chi connectivity index (χ2n) is 7.63. The minimum absolute atomic E-state index is 0.233. The lowest BCUT2D eigenvalue weighted by atomic mass is 10.0. The summed E-state index contributed by atoms with van der Waals surface area (Å²) in [7, 11) is 0. The molecule has 0 atom stereocenters. The van der Waals surface area contributed by atoms with E-state index in [0.717, 1.165) is 33.2 Å². The SMILES string of the molecule is CCOC(=O)c1c(-c2ccc(C)cc2)csc1NC(=O)c1c(C)c2ccccc2n1CC. The Morgan fingerprint density at radius 2 is 1.75 bits per heavy atom. The molecule has 0 spiro atoms. The predicted octanol–water partition coefficient (Wildman–Crippen LogP) is 6.44. The highest BCUT2D eigenvalue weighted by Crippen LogP contribution is 2.37. The van der Waals surface area contributed by atoms with Gasteiger partial charge in [0.15, 0.2) is 0 Å². The maximum absolute atomic E-state index is 13.4. The number of anilines is 1. The summed E-state index contributed by atoms with van der Waals surface area (Å²) >= 11 is 1.34. The molecule has 1 N–H and O–H groups in total. The molecule has 0 radical (unpaired) electrons. The van der Waals surface area contributed by atoms with Crippen LogP contribution in [-0.4, -0.2) is 23.1 Å². The van der Waals surface area contributed by atoms with Crippen molar-refractivity contribution in [3.63, 3.8) is 0 Å². The number of nitrogens with zero attached hydrogens (tertiary/aromatic N) is 1. The third-order valence-corrected chi connectivity index (χ3v) is 6.51. The summed E-state index contributed by atoms with van der Waals surface area (Å²) in [6.45, 7) is 8.70. The van der Waals surface area contributed by atoms with Crippen molar-refractivity contribution in [2.75, 3.05) is 11.9 Å². The van der Waals surface area contributed by atoms with Crippen molar-refractivity contribution in [3.8, 4) is 11.1 Å². The number of amides is 1. The van der Waals surface area contributed by atoms with E-state index in [9.17, 15) is 9.59 Å². The van der Waals surface area contributed by atoms with E-state index in [1.807, 2.05) is 79.2 Å². The van der Waals surface area contributed by atoms with Gasteiger partial charge in [0.25, 0.3) is 5.91 Å².